The molecule has 2 aromatic carbocycles. The second-order valence-electron chi connectivity index (χ2n) is 8.86. The first-order chi connectivity index (χ1) is 16.9. The molecule has 0 saturated carbocycles. The van der Waals surface area contributed by atoms with E-state index in [1.807, 2.05) is 56.3 Å². The number of hydrogen-bond donors (Lipinski definition) is 2. The van der Waals surface area contributed by atoms with Gasteiger partial charge < -0.3 is 20.3 Å². The zero-order chi connectivity index (χ0) is 24.8. The Morgan fingerprint density at radius 2 is 1.66 bits per heavy atom. The molecule has 7 nitrogen and oxygen atoms in total. The Morgan fingerprint density at radius 1 is 0.943 bits per heavy atom. The van der Waals surface area contributed by atoms with E-state index in [4.69, 9.17) is 4.74 Å². The average molecular weight is 473 g/mol. The fourth-order valence-electron chi connectivity index (χ4n) is 4.17. The van der Waals surface area contributed by atoms with Crippen molar-refractivity contribution in [2.75, 3.05) is 35.2 Å². The summed E-state index contributed by atoms with van der Waals surface area (Å²) in [7, 11) is 0. The first kappa shape index (κ1) is 24.3. The summed E-state index contributed by atoms with van der Waals surface area (Å²) in [5.41, 5.74) is 4.45. The maximum absolute atomic E-state index is 12.8. The Balaban J connectivity index is 1.33. The summed E-state index contributed by atoms with van der Waals surface area (Å²) < 4.78 is 5.44. The van der Waals surface area contributed by atoms with Crippen LogP contribution in [0.2, 0.25) is 0 Å². The lowest BCUT2D eigenvalue weighted by atomic mass is 9.95. The molecule has 1 aliphatic heterocycles. The van der Waals surface area contributed by atoms with Crippen molar-refractivity contribution in [2.24, 2.45) is 5.92 Å². The third-order valence-electron chi connectivity index (χ3n) is 6.40. The highest BCUT2D eigenvalue weighted by Gasteiger charge is 2.26. The summed E-state index contributed by atoms with van der Waals surface area (Å²) in [5, 5.41) is 5.97. The third kappa shape index (κ3) is 6.18. The van der Waals surface area contributed by atoms with Gasteiger partial charge in [-0.15, -0.1) is 0 Å². The summed E-state index contributed by atoms with van der Waals surface area (Å²) in [6.45, 7) is 8.05. The van der Waals surface area contributed by atoms with E-state index in [1.54, 1.807) is 18.3 Å². The molecule has 2 heterocycles. The normalized spacial score (nSPS) is 13.9. The van der Waals surface area contributed by atoms with Gasteiger partial charge in [0.05, 0.1) is 6.61 Å². The molecule has 182 valence electrons. The predicted molar refractivity (Wildman–Crippen MR) is 139 cm³/mol. The lowest BCUT2D eigenvalue weighted by molar-refractivity contribution is -0.120. The van der Waals surface area contributed by atoms with Crippen LogP contribution in [0.25, 0.3) is 0 Å². The largest absolute Gasteiger partial charge is 0.494 e. The van der Waals surface area contributed by atoms with Crippen LogP contribution in [-0.2, 0) is 4.79 Å². The number of benzene rings is 2. The topological polar surface area (TPSA) is 83.6 Å². The second-order valence-corrected chi connectivity index (χ2v) is 8.86. The van der Waals surface area contributed by atoms with Crippen molar-refractivity contribution in [3.05, 3.63) is 77.5 Å². The Kier molecular flexibility index (Phi) is 7.65. The van der Waals surface area contributed by atoms with Gasteiger partial charge in [-0.25, -0.2) is 4.98 Å². The summed E-state index contributed by atoms with van der Waals surface area (Å²) in [6.07, 6.45) is 3.13. The summed E-state index contributed by atoms with van der Waals surface area (Å²) in [6, 6.07) is 16.8. The minimum Gasteiger partial charge on any atom is -0.494 e. The van der Waals surface area contributed by atoms with E-state index in [1.165, 1.54) is 5.56 Å². The number of carbonyl (C=O) groups excluding carboxylic acids is 2. The van der Waals surface area contributed by atoms with Crippen molar-refractivity contribution in [3.8, 4) is 5.75 Å². The molecule has 1 saturated heterocycles. The van der Waals surface area contributed by atoms with Gasteiger partial charge in [0.2, 0.25) is 5.91 Å². The first-order valence-corrected chi connectivity index (χ1v) is 12.1. The van der Waals surface area contributed by atoms with Crippen LogP contribution in [0.15, 0.2) is 60.8 Å². The van der Waals surface area contributed by atoms with Gasteiger partial charge in [-0.1, -0.05) is 6.07 Å². The van der Waals surface area contributed by atoms with Crippen LogP contribution in [0.3, 0.4) is 0 Å². The number of nitrogens with zero attached hydrogens (tertiary/aromatic N) is 2. The number of amides is 2. The Bertz CT molecular complexity index is 1190. The fraction of sp³-hybridized carbons (Fsp3) is 0.321. The van der Waals surface area contributed by atoms with Crippen LogP contribution in [0.1, 0.15) is 41.3 Å². The summed E-state index contributed by atoms with van der Waals surface area (Å²) >= 11 is 0. The molecule has 1 aliphatic rings. The fourth-order valence-corrected chi connectivity index (χ4v) is 4.17. The van der Waals surface area contributed by atoms with Crippen LogP contribution in [0, 0.1) is 19.8 Å². The molecular formula is C28H32N4O3. The highest BCUT2D eigenvalue weighted by Crippen LogP contribution is 2.25. The van der Waals surface area contributed by atoms with Crippen LogP contribution >= 0.6 is 0 Å². The van der Waals surface area contributed by atoms with Gasteiger partial charge in [-0.05, 0) is 93.3 Å². The van der Waals surface area contributed by atoms with E-state index >= 15 is 0 Å². The molecule has 0 radical (unpaired) electrons. The van der Waals surface area contributed by atoms with E-state index < -0.39 is 0 Å². The molecule has 0 atom stereocenters. The number of hydrogen-bond acceptors (Lipinski definition) is 5. The molecule has 0 unspecified atom stereocenters. The van der Waals surface area contributed by atoms with E-state index in [0.717, 1.165) is 35.7 Å². The summed E-state index contributed by atoms with van der Waals surface area (Å²) in [4.78, 5) is 32.2. The highest BCUT2D eigenvalue weighted by molar-refractivity contribution is 6.04. The SMILES string of the molecule is CCOc1ccc(NC(=O)c2ccnc(N3CCC(C(=O)Nc4ccc(C)c(C)c4)CC3)c2)cc1. The number of pyridine rings is 1. The van der Waals surface area contributed by atoms with Crippen molar-refractivity contribution in [1.82, 2.24) is 4.98 Å². The van der Waals surface area contributed by atoms with Gasteiger partial charge in [-0.3, -0.25) is 9.59 Å². The van der Waals surface area contributed by atoms with Gasteiger partial charge in [0.15, 0.2) is 0 Å². The van der Waals surface area contributed by atoms with E-state index in [-0.39, 0.29) is 17.7 Å². The number of anilines is 3. The lowest BCUT2D eigenvalue weighted by Crippen LogP contribution is -2.38. The molecule has 0 aliphatic carbocycles. The van der Waals surface area contributed by atoms with Crippen molar-refractivity contribution in [3.63, 3.8) is 0 Å². The van der Waals surface area contributed by atoms with Gasteiger partial charge in [-0.2, -0.15) is 0 Å². The van der Waals surface area contributed by atoms with Crippen molar-refractivity contribution in [2.45, 2.75) is 33.6 Å². The smallest absolute Gasteiger partial charge is 0.255 e. The molecule has 1 aromatic heterocycles. The standard InChI is InChI=1S/C28H32N4O3/c1-4-35-25-9-7-23(8-10-25)30-28(34)22-11-14-29-26(18-22)32-15-12-21(13-16-32)27(33)31-24-6-5-19(2)20(3)17-24/h5-11,14,17-18,21H,4,12-13,15-16H2,1-3H3,(H,30,34)(H,31,33). The van der Waals surface area contributed by atoms with E-state index in [0.29, 0.717) is 30.9 Å². The van der Waals surface area contributed by atoms with Crippen molar-refractivity contribution < 1.29 is 14.3 Å². The van der Waals surface area contributed by atoms with Crippen molar-refractivity contribution >= 4 is 29.0 Å². The molecule has 7 heteroatoms. The predicted octanol–water partition coefficient (Wildman–Crippen LogP) is 5.20. The maximum Gasteiger partial charge on any atom is 0.255 e. The molecule has 0 spiro atoms. The Morgan fingerprint density at radius 3 is 2.34 bits per heavy atom. The van der Waals surface area contributed by atoms with Crippen LogP contribution in [-0.4, -0.2) is 36.5 Å². The van der Waals surface area contributed by atoms with Crippen LogP contribution in [0.5, 0.6) is 5.75 Å². The molecule has 4 rings (SSSR count). The molecule has 1 fully saturated rings. The molecule has 0 bridgehead atoms. The van der Waals surface area contributed by atoms with E-state index in [2.05, 4.69) is 27.4 Å². The third-order valence-corrected chi connectivity index (χ3v) is 6.40. The van der Waals surface area contributed by atoms with Crippen molar-refractivity contribution in [1.29, 1.82) is 0 Å². The Hall–Kier alpha value is -3.87. The van der Waals surface area contributed by atoms with Gasteiger partial charge >= 0.3 is 0 Å². The lowest BCUT2D eigenvalue weighted by Gasteiger charge is -2.32. The van der Waals surface area contributed by atoms with Crippen LogP contribution < -0.4 is 20.3 Å². The van der Waals surface area contributed by atoms with Gasteiger partial charge in [0, 0.05) is 42.1 Å². The van der Waals surface area contributed by atoms with Crippen LogP contribution in [0.4, 0.5) is 17.2 Å². The zero-order valence-electron chi connectivity index (χ0n) is 20.5. The number of ether oxygens (including phenoxy) is 1. The van der Waals surface area contributed by atoms with Gasteiger partial charge in [0.25, 0.3) is 5.91 Å². The molecular weight excluding hydrogens is 440 g/mol. The molecule has 2 N–H and O–H groups in total. The minimum atomic E-state index is -0.194. The minimum absolute atomic E-state index is 0.0426. The Labute approximate surface area is 206 Å². The first-order valence-electron chi connectivity index (χ1n) is 12.1. The average Bonchev–Trinajstić information content (AvgIpc) is 2.88. The number of piperidine rings is 1. The quantitative estimate of drug-likeness (QED) is 0.494. The van der Waals surface area contributed by atoms with Gasteiger partial charge in [0.1, 0.15) is 11.6 Å². The number of rotatable bonds is 7. The van der Waals surface area contributed by atoms with E-state index in [9.17, 15) is 9.59 Å². The molecule has 2 amide bonds. The second kappa shape index (κ2) is 11.0. The number of carbonyl (C=O) groups is 2. The highest BCUT2D eigenvalue weighted by atomic mass is 16.5. The number of aromatic nitrogens is 1. The monoisotopic (exact) mass is 472 g/mol. The maximum atomic E-state index is 12.8. The molecule has 35 heavy (non-hydrogen) atoms. The number of aryl methyl sites for hydroxylation is 2. The summed E-state index contributed by atoms with van der Waals surface area (Å²) in [5.74, 6) is 1.34. The number of nitrogens with one attached hydrogen (secondary N) is 2. The molecule has 3 aromatic rings. The zero-order valence-corrected chi connectivity index (χ0v) is 20.5.